The van der Waals surface area contributed by atoms with E-state index in [1.165, 1.54) is 7.11 Å². The van der Waals surface area contributed by atoms with Crippen LogP contribution in [0.3, 0.4) is 0 Å². The number of rotatable bonds is 4. The highest BCUT2D eigenvalue weighted by Gasteiger charge is 2.33. The van der Waals surface area contributed by atoms with Crippen molar-refractivity contribution in [2.75, 3.05) is 13.8 Å². The largest absolute Gasteiger partial charge is 0.477 e. The van der Waals surface area contributed by atoms with Gasteiger partial charge < -0.3 is 14.2 Å². The Labute approximate surface area is 202 Å². The predicted molar refractivity (Wildman–Crippen MR) is 128 cm³/mol. The SMILES string of the molecule is COC(=O)c1ccc(/C=C2\Oc3c(cc4c(c3C)OCN(Cc3ccccc3Cl)C4)C2=O)cc1. The zero-order valence-corrected chi connectivity index (χ0v) is 19.5. The number of halogens is 1. The number of carbonyl (C=O) groups is 2. The molecule has 0 saturated heterocycles. The fourth-order valence-electron chi connectivity index (χ4n) is 4.25. The minimum Gasteiger partial charge on any atom is -0.477 e. The lowest BCUT2D eigenvalue weighted by Gasteiger charge is -2.30. The van der Waals surface area contributed by atoms with Crippen LogP contribution in [-0.4, -0.2) is 30.5 Å². The average molecular weight is 476 g/mol. The number of esters is 1. The molecule has 6 nitrogen and oxygen atoms in total. The summed E-state index contributed by atoms with van der Waals surface area (Å²) in [5, 5.41) is 0.719. The van der Waals surface area contributed by atoms with Crippen molar-refractivity contribution in [2.24, 2.45) is 0 Å². The number of nitrogens with zero attached hydrogens (tertiary/aromatic N) is 1. The van der Waals surface area contributed by atoms with E-state index in [4.69, 9.17) is 25.8 Å². The van der Waals surface area contributed by atoms with Gasteiger partial charge in [0.05, 0.1) is 18.2 Å². The Morgan fingerprint density at radius 3 is 2.65 bits per heavy atom. The molecule has 0 unspecified atom stereocenters. The number of fused-ring (bicyclic) bond motifs is 2. The van der Waals surface area contributed by atoms with Crippen LogP contribution < -0.4 is 9.47 Å². The van der Waals surface area contributed by atoms with Gasteiger partial charge in [-0.05, 0) is 48.4 Å². The molecular weight excluding hydrogens is 454 g/mol. The Hall–Kier alpha value is -3.61. The molecule has 0 amide bonds. The van der Waals surface area contributed by atoms with Crippen molar-refractivity contribution in [3.05, 3.63) is 98.8 Å². The van der Waals surface area contributed by atoms with E-state index in [1.54, 1.807) is 30.3 Å². The fraction of sp³-hybridized carbons (Fsp3) is 0.185. The number of ether oxygens (including phenoxy) is 3. The van der Waals surface area contributed by atoms with Crippen molar-refractivity contribution in [1.82, 2.24) is 4.90 Å². The first-order chi connectivity index (χ1) is 16.4. The van der Waals surface area contributed by atoms with E-state index in [-0.39, 0.29) is 11.5 Å². The molecule has 7 heteroatoms. The molecule has 2 aliphatic rings. The Balaban J connectivity index is 1.39. The zero-order chi connectivity index (χ0) is 23.8. The van der Waals surface area contributed by atoms with Gasteiger partial charge in [0.1, 0.15) is 18.2 Å². The van der Waals surface area contributed by atoms with Gasteiger partial charge >= 0.3 is 5.97 Å². The Kier molecular flexibility index (Phi) is 5.86. The molecular formula is C27H22ClNO5. The van der Waals surface area contributed by atoms with Gasteiger partial charge in [-0.1, -0.05) is 41.9 Å². The molecule has 5 rings (SSSR count). The van der Waals surface area contributed by atoms with Gasteiger partial charge in [-0.15, -0.1) is 0 Å². The third-order valence-corrected chi connectivity index (χ3v) is 6.35. The van der Waals surface area contributed by atoms with Gasteiger partial charge in [-0.25, -0.2) is 4.79 Å². The number of carbonyl (C=O) groups excluding carboxylic acids is 2. The quantitative estimate of drug-likeness (QED) is 0.371. The summed E-state index contributed by atoms with van der Waals surface area (Å²) < 4.78 is 16.8. The lowest BCUT2D eigenvalue weighted by Crippen LogP contribution is -2.32. The van der Waals surface area contributed by atoms with Crippen LogP contribution in [0, 0.1) is 6.92 Å². The molecule has 0 spiro atoms. The normalized spacial score (nSPS) is 16.0. The van der Waals surface area contributed by atoms with Gasteiger partial charge in [-0.2, -0.15) is 0 Å². The number of Topliss-reactive ketones (excluding diaryl/α,β-unsaturated/α-hetero) is 1. The molecule has 0 atom stereocenters. The molecule has 3 aromatic carbocycles. The van der Waals surface area contributed by atoms with Crippen LogP contribution in [0.15, 0.2) is 60.4 Å². The summed E-state index contributed by atoms with van der Waals surface area (Å²) >= 11 is 6.32. The van der Waals surface area contributed by atoms with Crippen LogP contribution in [0.2, 0.25) is 5.02 Å². The summed E-state index contributed by atoms with van der Waals surface area (Å²) in [6, 6.07) is 16.4. The molecule has 0 radical (unpaired) electrons. The number of ketones is 1. The van der Waals surface area contributed by atoms with Crippen LogP contribution in [0.4, 0.5) is 0 Å². The summed E-state index contributed by atoms with van der Waals surface area (Å²) in [6.07, 6.45) is 1.67. The molecule has 0 saturated carbocycles. The molecule has 0 aromatic heterocycles. The van der Waals surface area contributed by atoms with Crippen LogP contribution >= 0.6 is 11.6 Å². The monoisotopic (exact) mass is 475 g/mol. The van der Waals surface area contributed by atoms with Crippen LogP contribution in [0.5, 0.6) is 11.5 Å². The van der Waals surface area contributed by atoms with E-state index < -0.39 is 5.97 Å². The van der Waals surface area contributed by atoms with E-state index in [9.17, 15) is 9.59 Å². The van der Waals surface area contributed by atoms with Crippen molar-refractivity contribution in [3.63, 3.8) is 0 Å². The number of hydrogen-bond donors (Lipinski definition) is 0. The maximum absolute atomic E-state index is 13.1. The standard InChI is InChI=1S/C27H22ClNO5/c1-16-25-20(14-29(15-33-25)13-19-5-3-4-6-22(19)28)12-21-24(30)23(34-26(16)21)11-17-7-9-18(10-8-17)27(31)32-2/h3-12H,13-15H2,1-2H3/b23-11-. The summed E-state index contributed by atoms with van der Waals surface area (Å²) in [5.41, 5.74) is 4.48. The molecule has 2 aliphatic heterocycles. The first-order valence-electron chi connectivity index (χ1n) is 10.8. The first-order valence-corrected chi connectivity index (χ1v) is 11.2. The fourth-order valence-corrected chi connectivity index (χ4v) is 4.45. The van der Waals surface area contributed by atoms with E-state index >= 15 is 0 Å². The lowest BCUT2D eigenvalue weighted by molar-refractivity contribution is 0.0600. The minimum atomic E-state index is -0.412. The van der Waals surface area contributed by atoms with Crippen molar-refractivity contribution in [3.8, 4) is 11.5 Å². The van der Waals surface area contributed by atoms with Crippen molar-refractivity contribution >= 4 is 29.4 Å². The highest BCUT2D eigenvalue weighted by Crippen LogP contribution is 2.43. The molecule has 0 N–H and O–H groups in total. The smallest absolute Gasteiger partial charge is 0.337 e. The number of hydrogen-bond acceptors (Lipinski definition) is 6. The van der Waals surface area contributed by atoms with Crippen LogP contribution in [-0.2, 0) is 17.8 Å². The van der Waals surface area contributed by atoms with E-state index in [0.29, 0.717) is 36.7 Å². The number of methoxy groups -OCH3 is 1. The van der Waals surface area contributed by atoms with Crippen molar-refractivity contribution < 1.29 is 23.8 Å². The Morgan fingerprint density at radius 2 is 1.91 bits per heavy atom. The van der Waals surface area contributed by atoms with Gasteiger partial charge in [-0.3, -0.25) is 9.69 Å². The molecule has 34 heavy (non-hydrogen) atoms. The van der Waals surface area contributed by atoms with E-state index in [1.807, 2.05) is 37.3 Å². The van der Waals surface area contributed by atoms with Gasteiger partial charge in [0.2, 0.25) is 5.78 Å². The van der Waals surface area contributed by atoms with E-state index in [0.717, 1.165) is 33.0 Å². The second kappa shape index (κ2) is 8.97. The molecule has 0 aliphatic carbocycles. The number of allylic oxidation sites excluding steroid dienone is 1. The molecule has 0 bridgehead atoms. The first kappa shape index (κ1) is 22.2. The highest BCUT2D eigenvalue weighted by atomic mass is 35.5. The predicted octanol–water partition coefficient (Wildman–Crippen LogP) is 5.40. The van der Waals surface area contributed by atoms with E-state index in [2.05, 4.69) is 4.90 Å². The summed E-state index contributed by atoms with van der Waals surface area (Å²) in [7, 11) is 1.34. The second-order valence-electron chi connectivity index (χ2n) is 8.27. The summed E-state index contributed by atoms with van der Waals surface area (Å²) in [6.45, 7) is 3.60. The summed E-state index contributed by atoms with van der Waals surface area (Å²) in [5.74, 6) is 0.927. The van der Waals surface area contributed by atoms with Crippen molar-refractivity contribution in [1.29, 1.82) is 0 Å². The maximum Gasteiger partial charge on any atom is 0.337 e. The third kappa shape index (κ3) is 4.06. The minimum absolute atomic E-state index is 0.179. The van der Waals surface area contributed by atoms with Crippen molar-refractivity contribution in [2.45, 2.75) is 20.0 Å². The van der Waals surface area contributed by atoms with Crippen LogP contribution in [0.25, 0.3) is 6.08 Å². The van der Waals surface area contributed by atoms with Gasteiger partial charge in [0.25, 0.3) is 0 Å². The topological polar surface area (TPSA) is 65.1 Å². The second-order valence-corrected chi connectivity index (χ2v) is 8.68. The Morgan fingerprint density at radius 1 is 1.15 bits per heavy atom. The summed E-state index contributed by atoms with van der Waals surface area (Å²) in [4.78, 5) is 26.9. The average Bonchev–Trinajstić information content (AvgIpc) is 3.16. The maximum atomic E-state index is 13.1. The lowest BCUT2D eigenvalue weighted by atomic mass is 9.99. The molecule has 172 valence electrons. The zero-order valence-electron chi connectivity index (χ0n) is 18.8. The third-order valence-electron chi connectivity index (χ3n) is 5.98. The number of benzene rings is 3. The van der Waals surface area contributed by atoms with Crippen LogP contribution in [0.1, 0.15) is 43.0 Å². The molecule has 2 heterocycles. The van der Waals surface area contributed by atoms with Gasteiger partial charge in [0.15, 0.2) is 5.76 Å². The highest BCUT2D eigenvalue weighted by molar-refractivity contribution is 6.31. The van der Waals surface area contributed by atoms with Gasteiger partial charge in [0, 0.05) is 29.2 Å². The Bertz CT molecular complexity index is 1330. The molecule has 0 fully saturated rings. The molecule has 3 aromatic rings.